The lowest BCUT2D eigenvalue weighted by Gasteiger charge is -1.95. The molecule has 0 amide bonds. The molecule has 1 N–H and O–H groups in total. The van der Waals surface area contributed by atoms with Crippen molar-refractivity contribution in [1.29, 1.82) is 0 Å². The second kappa shape index (κ2) is 2.94. The van der Waals surface area contributed by atoms with E-state index in [1.54, 1.807) is 12.4 Å². The first-order valence-corrected chi connectivity index (χ1v) is 3.90. The zero-order valence-corrected chi connectivity index (χ0v) is 7.04. The fourth-order valence-electron chi connectivity index (χ4n) is 0.965. The molecule has 2 aromatic rings. The van der Waals surface area contributed by atoms with Crippen molar-refractivity contribution in [2.24, 2.45) is 0 Å². The summed E-state index contributed by atoms with van der Waals surface area (Å²) in [5.41, 5.74) is 0. The molecule has 0 unspecified atom stereocenters. The quantitative estimate of drug-likeness (QED) is 0.715. The smallest absolute Gasteiger partial charge is 0.177 e. The van der Waals surface area contributed by atoms with E-state index in [0.717, 1.165) is 5.76 Å². The Morgan fingerprint density at radius 3 is 3.17 bits per heavy atom. The van der Waals surface area contributed by atoms with Crippen LogP contribution in [0, 0.1) is 4.77 Å². The van der Waals surface area contributed by atoms with E-state index in [4.69, 9.17) is 16.7 Å². The van der Waals surface area contributed by atoms with Gasteiger partial charge in [0.2, 0.25) is 0 Å². The largest absolute Gasteiger partial charge is 0.359 e. The first kappa shape index (κ1) is 7.30. The van der Waals surface area contributed by atoms with Crippen molar-refractivity contribution in [1.82, 2.24) is 14.7 Å². The molecular formula is C7H7N3OS. The fourth-order valence-corrected chi connectivity index (χ4v) is 1.16. The summed E-state index contributed by atoms with van der Waals surface area (Å²) in [6.45, 7) is 0.627. The van der Waals surface area contributed by atoms with Gasteiger partial charge in [-0.05, 0) is 12.2 Å². The first-order valence-electron chi connectivity index (χ1n) is 3.49. The average molecular weight is 181 g/mol. The van der Waals surface area contributed by atoms with Crippen LogP contribution < -0.4 is 0 Å². The minimum Gasteiger partial charge on any atom is -0.359 e. The summed E-state index contributed by atoms with van der Waals surface area (Å²) < 4.78 is 7.49. The SMILES string of the molecule is S=c1[nH]ccn1Cc1ccno1. The zero-order chi connectivity index (χ0) is 8.39. The molecule has 2 heterocycles. The van der Waals surface area contributed by atoms with Gasteiger partial charge in [0.1, 0.15) is 0 Å². The van der Waals surface area contributed by atoms with E-state index in [1.165, 1.54) is 0 Å². The first-order chi connectivity index (χ1) is 5.86. The molecule has 0 aliphatic heterocycles. The standard InChI is InChI=1S/C7H7N3OS/c12-7-8-3-4-10(7)5-6-1-2-9-11-6/h1-4H,5H2,(H,8,12). The van der Waals surface area contributed by atoms with E-state index in [2.05, 4.69) is 10.1 Å². The zero-order valence-electron chi connectivity index (χ0n) is 6.23. The molecule has 0 radical (unpaired) electrons. The molecule has 2 rings (SSSR count). The van der Waals surface area contributed by atoms with Crippen molar-refractivity contribution in [3.05, 3.63) is 35.2 Å². The number of nitrogens with zero attached hydrogens (tertiary/aromatic N) is 2. The predicted octanol–water partition coefficient (Wildman–Crippen LogP) is 1.58. The third-order valence-electron chi connectivity index (χ3n) is 1.54. The Bertz CT molecular complexity index is 400. The van der Waals surface area contributed by atoms with Crippen LogP contribution >= 0.6 is 12.2 Å². The van der Waals surface area contributed by atoms with E-state index in [1.807, 2.05) is 16.8 Å². The van der Waals surface area contributed by atoms with E-state index in [0.29, 0.717) is 11.3 Å². The molecule has 0 saturated carbocycles. The maximum absolute atomic E-state index is 5.00. The molecule has 0 bridgehead atoms. The molecule has 0 atom stereocenters. The van der Waals surface area contributed by atoms with Crippen molar-refractivity contribution in [2.45, 2.75) is 6.54 Å². The summed E-state index contributed by atoms with van der Waals surface area (Å²) in [5.74, 6) is 0.797. The Kier molecular flexibility index (Phi) is 1.79. The van der Waals surface area contributed by atoms with Crippen LogP contribution in [0.2, 0.25) is 0 Å². The van der Waals surface area contributed by atoms with Crippen LogP contribution in [0.5, 0.6) is 0 Å². The van der Waals surface area contributed by atoms with Gasteiger partial charge >= 0.3 is 0 Å². The maximum atomic E-state index is 5.00. The van der Waals surface area contributed by atoms with Gasteiger partial charge in [0.25, 0.3) is 0 Å². The van der Waals surface area contributed by atoms with Crippen LogP contribution in [-0.4, -0.2) is 14.7 Å². The van der Waals surface area contributed by atoms with Gasteiger partial charge in [0.05, 0.1) is 12.7 Å². The molecule has 62 valence electrons. The molecule has 0 aliphatic rings. The molecule has 5 heteroatoms. The number of aromatic amines is 1. The molecule has 0 aliphatic carbocycles. The van der Waals surface area contributed by atoms with Gasteiger partial charge in [-0.3, -0.25) is 0 Å². The highest BCUT2D eigenvalue weighted by Gasteiger charge is 1.98. The van der Waals surface area contributed by atoms with Gasteiger partial charge in [-0.1, -0.05) is 5.16 Å². The van der Waals surface area contributed by atoms with E-state index < -0.39 is 0 Å². The highest BCUT2D eigenvalue weighted by molar-refractivity contribution is 7.71. The third kappa shape index (κ3) is 1.31. The summed E-state index contributed by atoms with van der Waals surface area (Å²) in [6, 6.07) is 1.81. The summed E-state index contributed by atoms with van der Waals surface area (Å²) >= 11 is 5.00. The van der Waals surface area contributed by atoms with Crippen molar-refractivity contribution in [3.8, 4) is 0 Å². The lowest BCUT2D eigenvalue weighted by molar-refractivity contribution is 0.376. The monoisotopic (exact) mass is 181 g/mol. The van der Waals surface area contributed by atoms with E-state index in [9.17, 15) is 0 Å². The topological polar surface area (TPSA) is 46.8 Å². The Morgan fingerprint density at radius 1 is 1.67 bits per heavy atom. The summed E-state index contributed by atoms with van der Waals surface area (Å²) in [5, 5.41) is 3.60. The molecule has 0 fully saturated rings. The minimum absolute atomic E-state index is 0.627. The summed E-state index contributed by atoms with van der Waals surface area (Å²) in [6.07, 6.45) is 5.27. The van der Waals surface area contributed by atoms with Gasteiger partial charge in [-0.2, -0.15) is 0 Å². The van der Waals surface area contributed by atoms with Gasteiger partial charge in [-0.15, -0.1) is 0 Å². The van der Waals surface area contributed by atoms with E-state index >= 15 is 0 Å². The van der Waals surface area contributed by atoms with Crippen molar-refractivity contribution in [3.63, 3.8) is 0 Å². The molecule has 4 nitrogen and oxygen atoms in total. The molecular weight excluding hydrogens is 174 g/mol. The predicted molar refractivity (Wildman–Crippen MR) is 45.2 cm³/mol. The second-order valence-corrected chi connectivity index (χ2v) is 2.76. The lowest BCUT2D eigenvalue weighted by atomic mass is 10.4. The minimum atomic E-state index is 0.627. The van der Waals surface area contributed by atoms with Gasteiger partial charge in [0, 0.05) is 18.5 Å². The lowest BCUT2D eigenvalue weighted by Crippen LogP contribution is -1.96. The number of hydrogen-bond donors (Lipinski definition) is 1. The molecule has 0 spiro atoms. The Hall–Kier alpha value is -1.36. The maximum Gasteiger partial charge on any atom is 0.177 e. The molecule has 12 heavy (non-hydrogen) atoms. The van der Waals surface area contributed by atoms with Crippen molar-refractivity contribution in [2.75, 3.05) is 0 Å². The van der Waals surface area contributed by atoms with Gasteiger partial charge in [0.15, 0.2) is 10.5 Å². The van der Waals surface area contributed by atoms with Crippen LogP contribution in [0.4, 0.5) is 0 Å². The normalized spacial score (nSPS) is 10.3. The highest BCUT2D eigenvalue weighted by Crippen LogP contribution is 2.01. The Labute approximate surface area is 73.8 Å². The number of hydrogen-bond acceptors (Lipinski definition) is 3. The number of rotatable bonds is 2. The molecule has 0 aromatic carbocycles. The highest BCUT2D eigenvalue weighted by atomic mass is 32.1. The molecule has 0 saturated heterocycles. The van der Waals surface area contributed by atoms with Crippen LogP contribution in [0.25, 0.3) is 0 Å². The Morgan fingerprint density at radius 2 is 2.58 bits per heavy atom. The number of aromatic nitrogens is 3. The number of imidazole rings is 1. The van der Waals surface area contributed by atoms with Crippen molar-refractivity contribution >= 4 is 12.2 Å². The average Bonchev–Trinajstić information content (AvgIpc) is 2.65. The fraction of sp³-hybridized carbons (Fsp3) is 0.143. The number of H-pyrrole nitrogens is 1. The Balaban J connectivity index is 2.25. The van der Waals surface area contributed by atoms with Crippen LogP contribution in [0.15, 0.2) is 29.2 Å². The van der Waals surface area contributed by atoms with Crippen molar-refractivity contribution < 1.29 is 4.52 Å². The van der Waals surface area contributed by atoms with E-state index in [-0.39, 0.29) is 0 Å². The van der Waals surface area contributed by atoms with Crippen LogP contribution in [-0.2, 0) is 6.54 Å². The van der Waals surface area contributed by atoms with Crippen LogP contribution in [0.3, 0.4) is 0 Å². The van der Waals surface area contributed by atoms with Gasteiger partial charge in [-0.25, -0.2) is 0 Å². The third-order valence-corrected chi connectivity index (χ3v) is 1.89. The number of nitrogens with one attached hydrogen (secondary N) is 1. The summed E-state index contributed by atoms with van der Waals surface area (Å²) in [7, 11) is 0. The van der Waals surface area contributed by atoms with Gasteiger partial charge < -0.3 is 14.1 Å². The summed E-state index contributed by atoms with van der Waals surface area (Å²) in [4.78, 5) is 2.90. The molecule has 2 aromatic heterocycles. The van der Waals surface area contributed by atoms with Crippen LogP contribution in [0.1, 0.15) is 5.76 Å². The second-order valence-electron chi connectivity index (χ2n) is 2.37.